The third-order valence-electron chi connectivity index (χ3n) is 5.22. The third kappa shape index (κ3) is 3.50. The van der Waals surface area contributed by atoms with Gasteiger partial charge in [0.2, 0.25) is 5.91 Å². The van der Waals surface area contributed by atoms with Gasteiger partial charge >= 0.3 is 12.1 Å². The number of amides is 1. The Morgan fingerprint density at radius 1 is 1.16 bits per heavy atom. The number of rotatable bonds is 5. The van der Waals surface area contributed by atoms with Crippen LogP contribution in [0.4, 0.5) is 13.2 Å². The molecule has 136 valence electrons. The fourth-order valence-electron chi connectivity index (χ4n) is 3.46. The number of halogens is 3. The molecule has 3 rings (SSSR count). The Labute approximate surface area is 143 Å². The second-order valence-corrected chi connectivity index (χ2v) is 6.90. The SMILES string of the molecule is CC(c1cccc(C(F)(F)F)c1)N(C(=O)C1CCC1C(=O)O)C1CC1. The molecule has 0 aliphatic heterocycles. The average Bonchev–Trinajstić information content (AvgIpc) is 3.29. The molecule has 0 aromatic heterocycles. The zero-order valence-corrected chi connectivity index (χ0v) is 13.8. The molecule has 1 amide bonds. The van der Waals surface area contributed by atoms with E-state index in [0.29, 0.717) is 18.4 Å². The summed E-state index contributed by atoms with van der Waals surface area (Å²) in [6.07, 6.45) is -1.83. The molecule has 2 aliphatic rings. The number of hydrogen-bond acceptors (Lipinski definition) is 2. The number of carboxylic acids is 1. The van der Waals surface area contributed by atoms with Crippen LogP contribution in [-0.4, -0.2) is 27.9 Å². The Kier molecular flexibility index (Phi) is 4.51. The molecule has 3 atom stereocenters. The van der Waals surface area contributed by atoms with Crippen LogP contribution in [0.25, 0.3) is 0 Å². The van der Waals surface area contributed by atoms with Crippen LogP contribution in [0.1, 0.15) is 49.8 Å². The molecule has 2 aliphatic carbocycles. The van der Waals surface area contributed by atoms with E-state index in [1.165, 1.54) is 6.07 Å². The lowest BCUT2D eigenvalue weighted by atomic mass is 9.72. The lowest BCUT2D eigenvalue weighted by Crippen LogP contribution is -2.47. The van der Waals surface area contributed by atoms with Gasteiger partial charge in [-0.25, -0.2) is 0 Å². The van der Waals surface area contributed by atoms with E-state index in [9.17, 15) is 27.9 Å². The fraction of sp³-hybridized carbons (Fsp3) is 0.556. The number of carbonyl (C=O) groups excluding carboxylic acids is 1. The van der Waals surface area contributed by atoms with Crippen LogP contribution < -0.4 is 0 Å². The minimum Gasteiger partial charge on any atom is -0.481 e. The summed E-state index contributed by atoms with van der Waals surface area (Å²) < 4.78 is 38.8. The van der Waals surface area contributed by atoms with Crippen molar-refractivity contribution >= 4 is 11.9 Å². The van der Waals surface area contributed by atoms with E-state index in [-0.39, 0.29) is 11.9 Å². The molecule has 2 fully saturated rings. The van der Waals surface area contributed by atoms with Crippen LogP contribution in [0.5, 0.6) is 0 Å². The Bertz CT molecular complexity index is 684. The Morgan fingerprint density at radius 2 is 1.80 bits per heavy atom. The van der Waals surface area contributed by atoms with Crippen LogP contribution in [0.15, 0.2) is 24.3 Å². The summed E-state index contributed by atoms with van der Waals surface area (Å²) in [6, 6.07) is 4.48. The standard InChI is InChI=1S/C18H20F3NO3/c1-10(11-3-2-4-12(9-11)18(19,20)21)22(13-5-6-13)16(23)14-7-8-15(14)17(24)25/h2-4,9-10,13-15H,5-8H2,1H3,(H,24,25). The smallest absolute Gasteiger partial charge is 0.416 e. The number of aliphatic carboxylic acids is 1. The second-order valence-electron chi connectivity index (χ2n) is 6.90. The molecular formula is C18H20F3NO3. The summed E-state index contributed by atoms with van der Waals surface area (Å²) in [6.45, 7) is 1.71. The Morgan fingerprint density at radius 3 is 2.28 bits per heavy atom. The minimum absolute atomic E-state index is 0.00733. The lowest BCUT2D eigenvalue weighted by molar-refractivity contribution is -0.158. The molecule has 1 aromatic carbocycles. The van der Waals surface area contributed by atoms with Crippen LogP contribution in [0.3, 0.4) is 0 Å². The maximum absolute atomic E-state index is 12.9. The molecule has 0 spiro atoms. The number of hydrogen-bond donors (Lipinski definition) is 1. The Hall–Kier alpha value is -2.05. The topological polar surface area (TPSA) is 57.6 Å². The third-order valence-corrected chi connectivity index (χ3v) is 5.22. The van der Waals surface area contributed by atoms with Crippen molar-refractivity contribution in [2.75, 3.05) is 0 Å². The summed E-state index contributed by atoms with van der Waals surface area (Å²) >= 11 is 0. The molecule has 0 radical (unpaired) electrons. The van der Waals surface area contributed by atoms with E-state index in [0.717, 1.165) is 25.0 Å². The minimum atomic E-state index is -4.44. The van der Waals surface area contributed by atoms with Gasteiger partial charge in [-0.05, 0) is 50.3 Å². The molecule has 0 bridgehead atoms. The van der Waals surface area contributed by atoms with Gasteiger partial charge in [-0.2, -0.15) is 13.2 Å². The van der Waals surface area contributed by atoms with Crippen LogP contribution >= 0.6 is 0 Å². The average molecular weight is 355 g/mol. The highest BCUT2D eigenvalue weighted by molar-refractivity contribution is 5.87. The van der Waals surface area contributed by atoms with E-state index < -0.39 is 35.6 Å². The zero-order valence-electron chi connectivity index (χ0n) is 13.8. The van der Waals surface area contributed by atoms with E-state index in [2.05, 4.69) is 0 Å². The summed E-state index contributed by atoms with van der Waals surface area (Å²) in [5.41, 5.74) is -0.326. The van der Waals surface area contributed by atoms with Gasteiger partial charge < -0.3 is 10.0 Å². The molecule has 0 heterocycles. The van der Waals surface area contributed by atoms with Crippen molar-refractivity contribution < 1.29 is 27.9 Å². The monoisotopic (exact) mass is 355 g/mol. The first-order valence-corrected chi connectivity index (χ1v) is 8.42. The highest BCUT2D eigenvalue weighted by Gasteiger charge is 2.47. The largest absolute Gasteiger partial charge is 0.481 e. The molecule has 7 heteroatoms. The first-order valence-electron chi connectivity index (χ1n) is 8.42. The summed E-state index contributed by atoms with van der Waals surface area (Å²) in [5.74, 6) is -2.47. The lowest BCUT2D eigenvalue weighted by Gasteiger charge is -2.39. The van der Waals surface area contributed by atoms with Crippen molar-refractivity contribution in [2.24, 2.45) is 11.8 Å². The fourth-order valence-corrected chi connectivity index (χ4v) is 3.46. The summed E-state index contributed by atoms with van der Waals surface area (Å²) in [7, 11) is 0. The molecule has 1 aromatic rings. The van der Waals surface area contributed by atoms with Gasteiger partial charge in [0.15, 0.2) is 0 Å². The van der Waals surface area contributed by atoms with E-state index in [1.54, 1.807) is 17.9 Å². The zero-order chi connectivity index (χ0) is 18.4. The molecule has 25 heavy (non-hydrogen) atoms. The van der Waals surface area contributed by atoms with Crippen molar-refractivity contribution in [3.8, 4) is 0 Å². The maximum atomic E-state index is 12.9. The number of alkyl halides is 3. The predicted octanol–water partition coefficient (Wildman–Crippen LogP) is 3.87. The number of carbonyl (C=O) groups is 2. The van der Waals surface area contributed by atoms with E-state index >= 15 is 0 Å². The highest BCUT2D eigenvalue weighted by atomic mass is 19.4. The van der Waals surface area contributed by atoms with Gasteiger partial charge in [-0.3, -0.25) is 9.59 Å². The maximum Gasteiger partial charge on any atom is 0.416 e. The van der Waals surface area contributed by atoms with Crippen LogP contribution in [0.2, 0.25) is 0 Å². The first kappa shape index (κ1) is 17.8. The number of benzene rings is 1. The van der Waals surface area contributed by atoms with Crippen molar-refractivity contribution in [2.45, 2.75) is 50.9 Å². The van der Waals surface area contributed by atoms with Gasteiger partial charge in [0, 0.05) is 6.04 Å². The summed E-state index contributed by atoms with van der Waals surface area (Å²) in [4.78, 5) is 25.7. The molecule has 3 unspecified atom stereocenters. The van der Waals surface area contributed by atoms with Crippen molar-refractivity contribution in [1.82, 2.24) is 4.90 Å². The highest BCUT2D eigenvalue weighted by Crippen LogP contribution is 2.42. The van der Waals surface area contributed by atoms with Crippen LogP contribution in [-0.2, 0) is 15.8 Å². The van der Waals surface area contributed by atoms with Gasteiger partial charge in [0.05, 0.1) is 23.4 Å². The second kappa shape index (κ2) is 6.35. The van der Waals surface area contributed by atoms with Crippen molar-refractivity contribution in [1.29, 1.82) is 0 Å². The normalized spacial score (nSPS) is 24.3. The predicted molar refractivity (Wildman–Crippen MR) is 83.6 cm³/mol. The molecule has 4 nitrogen and oxygen atoms in total. The number of carboxylic acid groups (broad SMARTS) is 1. The summed E-state index contributed by atoms with van der Waals surface area (Å²) in [5, 5.41) is 9.17. The van der Waals surface area contributed by atoms with Gasteiger partial charge in [-0.1, -0.05) is 12.1 Å². The van der Waals surface area contributed by atoms with E-state index in [4.69, 9.17) is 0 Å². The molecule has 0 saturated heterocycles. The van der Waals surface area contributed by atoms with Gasteiger partial charge in [0.1, 0.15) is 0 Å². The van der Waals surface area contributed by atoms with Gasteiger partial charge in [-0.15, -0.1) is 0 Å². The quantitative estimate of drug-likeness (QED) is 0.872. The number of nitrogens with zero attached hydrogens (tertiary/aromatic N) is 1. The van der Waals surface area contributed by atoms with Crippen LogP contribution in [0, 0.1) is 11.8 Å². The van der Waals surface area contributed by atoms with E-state index in [1.807, 2.05) is 0 Å². The Balaban J connectivity index is 1.84. The van der Waals surface area contributed by atoms with Gasteiger partial charge in [0.25, 0.3) is 0 Å². The molecule has 1 N–H and O–H groups in total. The van der Waals surface area contributed by atoms with Crippen molar-refractivity contribution in [3.63, 3.8) is 0 Å². The molecule has 2 saturated carbocycles. The van der Waals surface area contributed by atoms with Crippen molar-refractivity contribution in [3.05, 3.63) is 35.4 Å². The first-order chi connectivity index (χ1) is 11.7. The molecular weight excluding hydrogens is 335 g/mol.